The van der Waals surface area contributed by atoms with Gasteiger partial charge in [-0.25, -0.2) is 4.39 Å². The van der Waals surface area contributed by atoms with Gasteiger partial charge in [0.25, 0.3) is 0 Å². The monoisotopic (exact) mass is 287 g/mol. The molecule has 4 fully saturated rings. The molecular weight excluding hydrogens is 267 g/mol. The van der Waals surface area contributed by atoms with Crippen LogP contribution in [0, 0.1) is 23.6 Å². The highest BCUT2D eigenvalue weighted by atomic mass is 19.1. The SMILES string of the molecule is COc1cc(F)c([C]=O)cc1C12CC3CC(CC(C3)C1)C2. The molecule has 0 heterocycles. The van der Waals surface area contributed by atoms with Crippen molar-refractivity contribution in [2.24, 2.45) is 17.8 Å². The molecule has 4 aliphatic carbocycles. The Balaban J connectivity index is 1.84. The van der Waals surface area contributed by atoms with Crippen molar-refractivity contribution in [2.45, 2.75) is 43.9 Å². The Labute approximate surface area is 124 Å². The van der Waals surface area contributed by atoms with Gasteiger partial charge in [-0.1, -0.05) is 0 Å². The molecule has 0 spiro atoms. The van der Waals surface area contributed by atoms with Crippen LogP contribution in [0.2, 0.25) is 0 Å². The minimum atomic E-state index is -0.532. The zero-order valence-electron chi connectivity index (χ0n) is 12.3. The Morgan fingerprint density at radius 3 is 2.19 bits per heavy atom. The van der Waals surface area contributed by atoms with Crippen molar-refractivity contribution in [3.63, 3.8) is 0 Å². The molecule has 111 valence electrons. The molecule has 21 heavy (non-hydrogen) atoms. The fourth-order valence-electron chi connectivity index (χ4n) is 5.66. The minimum Gasteiger partial charge on any atom is -0.496 e. The van der Waals surface area contributed by atoms with Gasteiger partial charge in [0, 0.05) is 11.6 Å². The molecule has 1 aromatic rings. The van der Waals surface area contributed by atoms with Gasteiger partial charge in [0.15, 0.2) is 0 Å². The van der Waals surface area contributed by atoms with Gasteiger partial charge >= 0.3 is 0 Å². The second kappa shape index (κ2) is 4.56. The van der Waals surface area contributed by atoms with Gasteiger partial charge in [0.05, 0.1) is 12.7 Å². The van der Waals surface area contributed by atoms with E-state index in [9.17, 15) is 9.18 Å². The Morgan fingerprint density at radius 2 is 1.71 bits per heavy atom. The predicted octanol–water partition coefficient (Wildman–Crippen LogP) is 3.76. The fraction of sp³-hybridized carbons (Fsp3) is 0.611. The summed E-state index contributed by atoms with van der Waals surface area (Å²) in [5.41, 5.74) is 1.18. The lowest BCUT2D eigenvalue weighted by molar-refractivity contribution is -0.00619. The third-order valence-electron chi connectivity index (χ3n) is 6.01. The van der Waals surface area contributed by atoms with Gasteiger partial charge in [0.1, 0.15) is 11.6 Å². The molecule has 4 bridgehead atoms. The van der Waals surface area contributed by atoms with E-state index in [1.165, 1.54) is 44.6 Å². The molecule has 1 aromatic carbocycles. The van der Waals surface area contributed by atoms with Crippen molar-refractivity contribution in [2.75, 3.05) is 7.11 Å². The van der Waals surface area contributed by atoms with Crippen molar-refractivity contribution >= 4 is 6.29 Å². The summed E-state index contributed by atoms with van der Waals surface area (Å²) in [6.07, 6.45) is 9.31. The molecule has 0 aromatic heterocycles. The van der Waals surface area contributed by atoms with Crippen molar-refractivity contribution in [3.05, 3.63) is 29.1 Å². The van der Waals surface area contributed by atoms with E-state index in [1.54, 1.807) is 19.5 Å². The second-order valence-electron chi connectivity index (χ2n) is 7.33. The molecule has 0 saturated heterocycles. The number of halogens is 1. The summed E-state index contributed by atoms with van der Waals surface area (Å²) in [6.45, 7) is 0. The smallest absolute Gasteiger partial charge is 0.236 e. The van der Waals surface area contributed by atoms with Crippen LogP contribution in [-0.4, -0.2) is 13.4 Å². The summed E-state index contributed by atoms with van der Waals surface area (Å²) < 4.78 is 19.3. The first kappa shape index (κ1) is 13.3. The average Bonchev–Trinajstić information content (AvgIpc) is 2.45. The predicted molar refractivity (Wildman–Crippen MR) is 77.6 cm³/mol. The van der Waals surface area contributed by atoms with Crippen LogP contribution in [0.1, 0.15) is 49.7 Å². The number of carbonyl (C=O) groups excluding carboxylic acids is 1. The molecular formula is C18H20FO2. The van der Waals surface area contributed by atoms with Crippen molar-refractivity contribution in [3.8, 4) is 5.75 Å². The lowest BCUT2D eigenvalue weighted by atomic mass is 9.48. The number of rotatable bonds is 3. The van der Waals surface area contributed by atoms with Gasteiger partial charge in [-0.3, -0.25) is 4.79 Å². The first-order valence-corrected chi connectivity index (χ1v) is 7.90. The highest BCUT2D eigenvalue weighted by Crippen LogP contribution is 2.61. The van der Waals surface area contributed by atoms with E-state index < -0.39 is 5.82 Å². The molecule has 3 heteroatoms. The zero-order chi connectivity index (χ0) is 14.6. The summed E-state index contributed by atoms with van der Waals surface area (Å²) in [4.78, 5) is 11.0. The lowest BCUT2D eigenvalue weighted by Gasteiger charge is -2.57. The lowest BCUT2D eigenvalue weighted by Crippen LogP contribution is -2.48. The van der Waals surface area contributed by atoms with Gasteiger partial charge in [-0.2, -0.15) is 0 Å². The molecule has 0 unspecified atom stereocenters. The first-order chi connectivity index (χ1) is 10.1. The fourth-order valence-corrected chi connectivity index (χ4v) is 5.66. The Morgan fingerprint density at radius 1 is 1.14 bits per heavy atom. The highest BCUT2D eigenvalue weighted by Gasteiger charge is 2.52. The number of methoxy groups -OCH3 is 1. The van der Waals surface area contributed by atoms with Crippen LogP contribution < -0.4 is 4.74 Å². The molecule has 0 N–H and O–H groups in total. The van der Waals surface area contributed by atoms with Crippen LogP contribution in [0.5, 0.6) is 5.75 Å². The summed E-state index contributed by atoms with van der Waals surface area (Å²) in [6, 6.07) is 3.07. The van der Waals surface area contributed by atoms with E-state index in [1.807, 2.05) is 0 Å². The number of hydrogen-bond donors (Lipinski definition) is 0. The average molecular weight is 287 g/mol. The van der Waals surface area contributed by atoms with E-state index in [4.69, 9.17) is 4.74 Å². The molecule has 2 nitrogen and oxygen atoms in total. The van der Waals surface area contributed by atoms with Crippen LogP contribution in [0.25, 0.3) is 0 Å². The van der Waals surface area contributed by atoms with Gasteiger partial charge in [-0.05, 0) is 67.8 Å². The van der Waals surface area contributed by atoms with E-state index in [2.05, 4.69) is 0 Å². The summed E-state index contributed by atoms with van der Waals surface area (Å²) in [5, 5.41) is 0. The third kappa shape index (κ3) is 1.93. The maximum Gasteiger partial charge on any atom is 0.236 e. The van der Waals surface area contributed by atoms with Crippen LogP contribution in [-0.2, 0) is 10.2 Å². The molecule has 5 rings (SSSR count). The standard InChI is InChI=1S/C18H20FO2/c1-21-17-6-16(19)14(10-20)5-15(17)18-7-11-2-12(8-18)4-13(3-11)9-18/h5-6,11-13H,2-4,7-9H2,1H3. The normalized spacial score (nSPS) is 36.8. The quantitative estimate of drug-likeness (QED) is 0.846. The Hall–Kier alpha value is -1.38. The maximum atomic E-state index is 13.8. The number of hydrogen-bond acceptors (Lipinski definition) is 2. The first-order valence-electron chi connectivity index (χ1n) is 7.90. The third-order valence-corrected chi connectivity index (χ3v) is 6.01. The number of ether oxygens (including phenoxy) is 1. The van der Waals surface area contributed by atoms with Crippen LogP contribution >= 0.6 is 0 Å². The largest absolute Gasteiger partial charge is 0.496 e. The number of benzene rings is 1. The summed E-state index contributed by atoms with van der Waals surface area (Å²) in [7, 11) is 1.59. The Bertz CT molecular complexity index is 558. The van der Waals surface area contributed by atoms with Crippen LogP contribution in [0.15, 0.2) is 12.1 Å². The van der Waals surface area contributed by atoms with Gasteiger partial charge in [-0.15, -0.1) is 0 Å². The van der Waals surface area contributed by atoms with Crippen LogP contribution in [0.4, 0.5) is 4.39 Å². The van der Waals surface area contributed by atoms with Crippen LogP contribution in [0.3, 0.4) is 0 Å². The van der Waals surface area contributed by atoms with E-state index in [0.29, 0.717) is 5.75 Å². The summed E-state index contributed by atoms with van der Waals surface area (Å²) in [5.74, 6) is 2.47. The van der Waals surface area contributed by atoms with E-state index in [0.717, 1.165) is 23.3 Å². The molecule has 4 saturated carbocycles. The molecule has 0 amide bonds. The van der Waals surface area contributed by atoms with Gasteiger partial charge < -0.3 is 4.74 Å². The van der Waals surface area contributed by atoms with Gasteiger partial charge in [0.2, 0.25) is 6.29 Å². The molecule has 0 aliphatic heterocycles. The Kier molecular flexibility index (Phi) is 2.88. The molecule has 4 aliphatic rings. The highest BCUT2D eigenvalue weighted by molar-refractivity contribution is 5.77. The maximum absolute atomic E-state index is 13.8. The van der Waals surface area contributed by atoms with Crippen molar-refractivity contribution < 1.29 is 13.9 Å². The molecule has 0 atom stereocenters. The minimum absolute atomic E-state index is 0.0431. The zero-order valence-corrected chi connectivity index (χ0v) is 12.3. The van der Waals surface area contributed by atoms with Crippen molar-refractivity contribution in [1.82, 2.24) is 0 Å². The van der Waals surface area contributed by atoms with E-state index >= 15 is 0 Å². The van der Waals surface area contributed by atoms with E-state index in [-0.39, 0.29) is 11.0 Å². The second-order valence-corrected chi connectivity index (χ2v) is 7.33. The molecule has 1 radical (unpaired) electrons. The topological polar surface area (TPSA) is 26.3 Å². The van der Waals surface area contributed by atoms with Crippen molar-refractivity contribution in [1.29, 1.82) is 0 Å². The summed E-state index contributed by atoms with van der Waals surface area (Å²) >= 11 is 0.